The maximum atomic E-state index is 11.8. The van der Waals surface area contributed by atoms with Crippen molar-refractivity contribution in [3.63, 3.8) is 0 Å². The predicted molar refractivity (Wildman–Crippen MR) is 93.0 cm³/mol. The number of carbonyl (C=O) groups is 4. The lowest BCUT2D eigenvalue weighted by atomic mass is 10.1. The zero-order chi connectivity index (χ0) is 19.5. The molecule has 0 aliphatic carbocycles. The Balaban J connectivity index is 2.41. The molecule has 0 saturated carbocycles. The maximum Gasteiger partial charge on any atom is 0.338 e. The molecule has 1 aromatic rings. The molecule has 0 radical (unpaired) electrons. The van der Waals surface area contributed by atoms with Gasteiger partial charge in [0.2, 0.25) is 0 Å². The van der Waals surface area contributed by atoms with E-state index in [0.717, 1.165) is 0 Å². The molecule has 1 rings (SSSR count). The Kier molecular flexibility index (Phi) is 8.77. The van der Waals surface area contributed by atoms with Crippen LogP contribution in [0.2, 0.25) is 0 Å². The van der Waals surface area contributed by atoms with Crippen molar-refractivity contribution in [3.05, 3.63) is 41.5 Å². The summed E-state index contributed by atoms with van der Waals surface area (Å²) in [6.07, 6.45) is 2.60. The van der Waals surface area contributed by atoms with Crippen molar-refractivity contribution in [1.29, 1.82) is 0 Å². The number of rotatable bonds is 10. The van der Waals surface area contributed by atoms with Gasteiger partial charge in [-0.2, -0.15) is 0 Å². The van der Waals surface area contributed by atoms with Crippen molar-refractivity contribution in [2.45, 2.75) is 32.6 Å². The molecule has 0 aliphatic heterocycles. The molecule has 0 heterocycles. The number of hydrogen-bond acceptors (Lipinski definition) is 7. The molecule has 0 atom stereocenters. The van der Waals surface area contributed by atoms with Crippen LogP contribution in [0.15, 0.2) is 30.4 Å². The minimum Gasteiger partial charge on any atom is -0.465 e. The topological polar surface area (TPSA) is 96.0 Å². The van der Waals surface area contributed by atoms with Crippen molar-refractivity contribution in [2.24, 2.45) is 0 Å². The van der Waals surface area contributed by atoms with Crippen LogP contribution in [0.4, 0.5) is 0 Å². The number of esters is 3. The second kappa shape index (κ2) is 10.8. The standard InChI is InChI=1S/C19H22O7/c1-13(2)18(22)25-10-6-4-5-7-17(21)26-15-9-8-14(12-20)16(11-15)19(23)24-3/h8-9,11-12H,1,4-7,10H2,2-3H3. The molecule has 0 fully saturated rings. The van der Waals surface area contributed by atoms with Gasteiger partial charge < -0.3 is 14.2 Å². The highest BCUT2D eigenvalue weighted by molar-refractivity contribution is 5.98. The first-order valence-corrected chi connectivity index (χ1v) is 8.10. The minimum absolute atomic E-state index is 0.0344. The molecular weight excluding hydrogens is 340 g/mol. The van der Waals surface area contributed by atoms with Gasteiger partial charge in [0, 0.05) is 17.6 Å². The van der Waals surface area contributed by atoms with Crippen molar-refractivity contribution in [1.82, 2.24) is 0 Å². The average molecular weight is 362 g/mol. The van der Waals surface area contributed by atoms with Crippen molar-refractivity contribution < 1.29 is 33.4 Å². The lowest BCUT2D eigenvalue weighted by molar-refractivity contribution is -0.139. The fraction of sp³-hybridized carbons (Fsp3) is 0.368. The number of benzene rings is 1. The van der Waals surface area contributed by atoms with E-state index < -0.39 is 17.9 Å². The monoisotopic (exact) mass is 362 g/mol. The van der Waals surface area contributed by atoms with Crippen LogP contribution in [0.5, 0.6) is 5.75 Å². The van der Waals surface area contributed by atoms with Crippen molar-refractivity contribution in [2.75, 3.05) is 13.7 Å². The van der Waals surface area contributed by atoms with Crippen LogP contribution in [-0.4, -0.2) is 37.9 Å². The molecule has 0 aliphatic rings. The Morgan fingerprint density at radius 1 is 1.15 bits per heavy atom. The van der Waals surface area contributed by atoms with E-state index in [2.05, 4.69) is 11.3 Å². The molecule has 26 heavy (non-hydrogen) atoms. The first-order valence-electron chi connectivity index (χ1n) is 8.10. The van der Waals surface area contributed by atoms with Crippen LogP contribution in [0.3, 0.4) is 0 Å². The van der Waals surface area contributed by atoms with Gasteiger partial charge in [0.15, 0.2) is 6.29 Å². The molecule has 7 nitrogen and oxygen atoms in total. The zero-order valence-electron chi connectivity index (χ0n) is 14.9. The van der Waals surface area contributed by atoms with E-state index in [1.54, 1.807) is 6.92 Å². The Bertz CT molecular complexity index is 691. The molecule has 0 N–H and O–H groups in total. The van der Waals surface area contributed by atoms with Crippen LogP contribution < -0.4 is 4.74 Å². The fourth-order valence-electron chi connectivity index (χ4n) is 2.01. The average Bonchev–Trinajstić information content (AvgIpc) is 2.63. The first kappa shape index (κ1) is 21.1. The van der Waals surface area contributed by atoms with E-state index >= 15 is 0 Å². The van der Waals surface area contributed by atoms with E-state index in [1.165, 1.54) is 25.3 Å². The summed E-state index contributed by atoms with van der Waals surface area (Å²) >= 11 is 0. The van der Waals surface area contributed by atoms with E-state index in [4.69, 9.17) is 9.47 Å². The van der Waals surface area contributed by atoms with Crippen LogP contribution >= 0.6 is 0 Å². The van der Waals surface area contributed by atoms with Crippen LogP contribution in [0.25, 0.3) is 0 Å². The van der Waals surface area contributed by atoms with Crippen LogP contribution in [0, 0.1) is 0 Å². The number of unbranched alkanes of at least 4 members (excludes halogenated alkanes) is 2. The number of carbonyl (C=O) groups excluding carboxylic acids is 4. The highest BCUT2D eigenvalue weighted by Gasteiger charge is 2.14. The molecule has 0 saturated heterocycles. The molecule has 0 amide bonds. The number of methoxy groups -OCH3 is 1. The molecule has 1 aromatic carbocycles. The van der Waals surface area contributed by atoms with E-state index in [9.17, 15) is 19.2 Å². The quantitative estimate of drug-likeness (QED) is 0.208. The second-order valence-corrected chi connectivity index (χ2v) is 5.56. The number of hydrogen-bond donors (Lipinski definition) is 0. The van der Waals surface area contributed by atoms with Gasteiger partial charge in [0.1, 0.15) is 5.75 Å². The Hall–Kier alpha value is -2.96. The third-order valence-corrected chi connectivity index (χ3v) is 3.40. The molecular formula is C19H22O7. The summed E-state index contributed by atoms with van der Waals surface area (Å²) in [5.41, 5.74) is 0.536. The summed E-state index contributed by atoms with van der Waals surface area (Å²) in [5.74, 6) is -1.41. The lowest BCUT2D eigenvalue weighted by Crippen LogP contribution is -2.10. The third-order valence-electron chi connectivity index (χ3n) is 3.40. The van der Waals surface area contributed by atoms with Crippen LogP contribution in [0.1, 0.15) is 53.3 Å². The number of ether oxygens (including phenoxy) is 3. The largest absolute Gasteiger partial charge is 0.465 e. The lowest BCUT2D eigenvalue weighted by Gasteiger charge is -2.08. The van der Waals surface area contributed by atoms with Crippen molar-refractivity contribution in [3.8, 4) is 5.75 Å². The molecule has 7 heteroatoms. The van der Waals surface area contributed by atoms with Gasteiger partial charge in [-0.05, 0) is 44.4 Å². The molecule has 140 valence electrons. The Labute approximate surface area is 151 Å². The molecule has 0 bridgehead atoms. The molecule has 0 spiro atoms. The number of aldehydes is 1. The smallest absolute Gasteiger partial charge is 0.338 e. The van der Waals surface area contributed by atoms with Gasteiger partial charge in [-0.1, -0.05) is 6.58 Å². The van der Waals surface area contributed by atoms with E-state index in [0.29, 0.717) is 31.1 Å². The third kappa shape index (κ3) is 6.88. The summed E-state index contributed by atoms with van der Waals surface area (Å²) in [6.45, 7) is 5.33. The highest BCUT2D eigenvalue weighted by Crippen LogP contribution is 2.19. The summed E-state index contributed by atoms with van der Waals surface area (Å²) in [4.78, 5) is 45.6. The molecule has 0 unspecified atom stereocenters. The zero-order valence-corrected chi connectivity index (χ0v) is 14.9. The highest BCUT2D eigenvalue weighted by atomic mass is 16.5. The van der Waals surface area contributed by atoms with Gasteiger partial charge in [-0.15, -0.1) is 0 Å². The summed E-state index contributed by atoms with van der Waals surface area (Å²) in [7, 11) is 1.20. The molecule has 0 aromatic heterocycles. The van der Waals surface area contributed by atoms with E-state index in [-0.39, 0.29) is 29.9 Å². The normalized spacial score (nSPS) is 9.92. The van der Waals surface area contributed by atoms with Gasteiger partial charge in [-0.25, -0.2) is 9.59 Å². The van der Waals surface area contributed by atoms with Gasteiger partial charge in [0.05, 0.1) is 19.3 Å². The van der Waals surface area contributed by atoms with Gasteiger partial charge in [0.25, 0.3) is 0 Å². The minimum atomic E-state index is -0.686. The van der Waals surface area contributed by atoms with Gasteiger partial charge >= 0.3 is 17.9 Å². The summed E-state index contributed by atoms with van der Waals surface area (Å²) < 4.78 is 14.7. The summed E-state index contributed by atoms with van der Waals surface area (Å²) in [6, 6.07) is 4.12. The first-order chi connectivity index (χ1) is 12.4. The summed E-state index contributed by atoms with van der Waals surface area (Å²) in [5, 5.41) is 0. The van der Waals surface area contributed by atoms with Crippen LogP contribution in [-0.2, 0) is 19.1 Å². The fourth-order valence-corrected chi connectivity index (χ4v) is 2.01. The van der Waals surface area contributed by atoms with Crippen molar-refractivity contribution >= 4 is 24.2 Å². The van der Waals surface area contributed by atoms with E-state index in [1.807, 2.05) is 0 Å². The second-order valence-electron chi connectivity index (χ2n) is 5.56. The SMILES string of the molecule is C=C(C)C(=O)OCCCCCC(=O)Oc1ccc(C=O)c(C(=O)OC)c1. The van der Waals surface area contributed by atoms with Gasteiger partial charge in [-0.3, -0.25) is 9.59 Å². The Morgan fingerprint density at radius 2 is 1.88 bits per heavy atom. The Morgan fingerprint density at radius 3 is 2.50 bits per heavy atom. The maximum absolute atomic E-state index is 11.8. The predicted octanol–water partition coefficient (Wildman–Crippen LogP) is 2.87.